The Hall–Kier alpha value is 0.350. The lowest BCUT2D eigenvalue weighted by Crippen LogP contribution is -1.99. The predicted octanol–water partition coefficient (Wildman–Crippen LogP) is 2.10. The van der Waals surface area contributed by atoms with Gasteiger partial charge in [-0.05, 0) is 18.8 Å². The van der Waals surface area contributed by atoms with Gasteiger partial charge < -0.3 is 0 Å². The molecule has 0 radical (unpaired) electrons. The normalized spacial score (nSPS) is 42.0. The van der Waals surface area contributed by atoms with Crippen LogP contribution >= 0.6 is 12.6 Å². The summed E-state index contributed by atoms with van der Waals surface area (Å²) in [5.74, 6) is 0.878. The van der Waals surface area contributed by atoms with Crippen LogP contribution in [0.3, 0.4) is 0 Å². The highest BCUT2D eigenvalue weighted by atomic mass is 32.1. The highest BCUT2D eigenvalue weighted by molar-refractivity contribution is 7.81. The third-order valence-electron chi connectivity index (χ3n) is 1.82. The third-order valence-corrected chi connectivity index (χ3v) is 2.58. The van der Waals surface area contributed by atoms with Crippen LogP contribution in [0.2, 0.25) is 0 Å². The van der Waals surface area contributed by atoms with E-state index < -0.39 is 0 Å². The molecule has 7 heavy (non-hydrogen) atoms. The van der Waals surface area contributed by atoms with Gasteiger partial charge in [0.15, 0.2) is 0 Å². The Balaban J connectivity index is 2.33. The van der Waals surface area contributed by atoms with Crippen molar-refractivity contribution < 1.29 is 0 Å². The van der Waals surface area contributed by atoms with Crippen LogP contribution < -0.4 is 0 Å². The molecule has 0 N–H and O–H groups in total. The Morgan fingerprint density at radius 1 is 1.43 bits per heavy atom. The number of hydrogen-bond acceptors (Lipinski definition) is 1. The van der Waals surface area contributed by atoms with Crippen LogP contribution in [0.4, 0.5) is 0 Å². The van der Waals surface area contributed by atoms with E-state index in [1.807, 2.05) is 0 Å². The second-order valence-corrected chi connectivity index (χ2v) is 3.14. The number of rotatable bonds is 0. The summed E-state index contributed by atoms with van der Waals surface area (Å²) in [7, 11) is 0. The lowest BCUT2D eigenvalue weighted by molar-refractivity contribution is 0.627. The van der Waals surface area contributed by atoms with E-state index in [4.69, 9.17) is 0 Å². The second kappa shape index (κ2) is 2.08. The Labute approximate surface area is 50.7 Å². The predicted molar refractivity (Wildman–Crippen MR) is 35.8 cm³/mol. The first kappa shape index (κ1) is 5.49. The minimum absolute atomic E-state index is 0.708. The maximum absolute atomic E-state index is 4.39. The van der Waals surface area contributed by atoms with Gasteiger partial charge in [0.2, 0.25) is 0 Å². The first-order chi connectivity index (χ1) is 3.30. The topological polar surface area (TPSA) is 0 Å². The van der Waals surface area contributed by atoms with Crippen molar-refractivity contribution in [1.82, 2.24) is 0 Å². The van der Waals surface area contributed by atoms with Crippen LogP contribution in [0.25, 0.3) is 0 Å². The SMILES string of the molecule is C[C@H]1CCC[C@H]1S. The monoisotopic (exact) mass is 116 g/mol. The van der Waals surface area contributed by atoms with Crippen LogP contribution in [0.15, 0.2) is 0 Å². The van der Waals surface area contributed by atoms with Crippen LogP contribution in [0, 0.1) is 5.92 Å². The second-order valence-electron chi connectivity index (χ2n) is 2.48. The summed E-state index contributed by atoms with van der Waals surface area (Å²) in [5.41, 5.74) is 0. The third kappa shape index (κ3) is 1.12. The lowest BCUT2D eigenvalue weighted by atomic mass is 10.1. The molecule has 1 fully saturated rings. The van der Waals surface area contributed by atoms with E-state index in [0.29, 0.717) is 5.25 Å². The van der Waals surface area contributed by atoms with Crippen molar-refractivity contribution in [2.75, 3.05) is 0 Å². The molecule has 2 atom stereocenters. The van der Waals surface area contributed by atoms with Gasteiger partial charge in [-0.3, -0.25) is 0 Å². The van der Waals surface area contributed by atoms with E-state index >= 15 is 0 Å². The van der Waals surface area contributed by atoms with Crippen molar-refractivity contribution in [3.63, 3.8) is 0 Å². The zero-order valence-electron chi connectivity index (χ0n) is 4.72. The number of hydrogen-bond donors (Lipinski definition) is 1. The molecule has 1 aliphatic carbocycles. The molecule has 1 rings (SSSR count). The molecular formula is C6H12S. The van der Waals surface area contributed by atoms with Crippen LogP contribution in [-0.4, -0.2) is 5.25 Å². The van der Waals surface area contributed by atoms with Crippen molar-refractivity contribution in [2.24, 2.45) is 5.92 Å². The molecule has 0 spiro atoms. The van der Waals surface area contributed by atoms with Crippen molar-refractivity contribution >= 4 is 12.6 Å². The van der Waals surface area contributed by atoms with Gasteiger partial charge in [-0.2, -0.15) is 12.6 Å². The molecular weight excluding hydrogens is 104 g/mol. The van der Waals surface area contributed by atoms with Crippen molar-refractivity contribution in [3.8, 4) is 0 Å². The summed E-state index contributed by atoms with van der Waals surface area (Å²) < 4.78 is 0. The van der Waals surface area contributed by atoms with E-state index in [1.165, 1.54) is 19.3 Å². The Morgan fingerprint density at radius 3 is 2.29 bits per heavy atom. The van der Waals surface area contributed by atoms with Crippen molar-refractivity contribution in [3.05, 3.63) is 0 Å². The smallest absolute Gasteiger partial charge is 0.00424 e. The van der Waals surface area contributed by atoms with Gasteiger partial charge in [-0.15, -0.1) is 0 Å². The molecule has 0 aromatic heterocycles. The molecule has 0 aromatic rings. The largest absolute Gasteiger partial charge is 0.176 e. The van der Waals surface area contributed by atoms with E-state index in [9.17, 15) is 0 Å². The lowest BCUT2D eigenvalue weighted by Gasteiger charge is -2.04. The van der Waals surface area contributed by atoms with Crippen LogP contribution in [0.5, 0.6) is 0 Å². The van der Waals surface area contributed by atoms with Gasteiger partial charge in [-0.25, -0.2) is 0 Å². The zero-order chi connectivity index (χ0) is 5.28. The maximum Gasteiger partial charge on any atom is 0.00424 e. The van der Waals surface area contributed by atoms with E-state index in [0.717, 1.165) is 5.92 Å². The van der Waals surface area contributed by atoms with E-state index in [-0.39, 0.29) is 0 Å². The van der Waals surface area contributed by atoms with Crippen molar-refractivity contribution in [2.45, 2.75) is 31.4 Å². The molecule has 0 aliphatic heterocycles. The van der Waals surface area contributed by atoms with Crippen LogP contribution in [0.1, 0.15) is 26.2 Å². The molecule has 0 amide bonds. The maximum atomic E-state index is 4.39. The van der Waals surface area contributed by atoms with Gasteiger partial charge in [-0.1, -0.05) is 13.3 Å². The molecule has 1 saturated carbocycles. The fourth-order valence-corrected chi connectivity index (χ4v) is 1.46. The summed E-state index contributed by atoms with van der Waals surface area (Å²) >= 11 is 4.39. The minimum Gasteiger partial charge on any atom is -0.176 e. The van der Waals surface area contributed by atoms with E-state index in [2.05, 4.69) is 19.6 Å². The molecule has 0 nitrogen and oxygen atoms in total. The molecule has 0 unspecified atom stereocenters. The average molecular weight is 116 g/mol. The summed E-state index contributed by atoms with van der Waals surface area (Å²) in [6.07, 6.45) is 4.13. The summed E-state index contributed by atoms with van der Waals surface area (Å²) in [6.45, 7) is 2.28. The average Bonchev–Trinajstić information content (AvgIpc) is 1.91. The van der Waals surface area contributed by atoms with Gasteiger partial charge in [0.1, 0.15) is 0 Å². The van der Waals surface area contributed by atoms with Crippen LogP contribution in [-0.2, 0) is 0 Å². The van der Waals surface area contributed by atoms with Gasteiger partial charge in [0.05, 0.1) is 0 Å². The van der Waals surface area contributed by atoms with Gasteiger partial charge >= 0.3 is 0 Å². The minimum atomic E-state index is 0.708. The fourth-order valence-electron chi connectivity index (χ4n) is 1.13. The molecule has 0 aromatic carbocycles. The van der Waals surface area contributed by atoms with Gasteiger partial charge in [0, 0.05) is 5.25 Å². The highest BCUT2D eigenvalue weighted by Crippen LogP contribution is 2.28. The fraction of sp³-hybridized carbons (Fsp3) is 1.00. The zero-order valence-corrected chi connectivity index (χ0v) is 5.62. The molecule has 42 valence electrons. The van der Waals surface area contributed by atoms with E-state index in [1.54, 1.807) is 0 Å². The molecule has 1 aliphatic rings. The molecule has 0 bridgehead atoms. The molecule has 1 heteroatoms. The molecule has 0 saturated heterocycles. The standard InChI is InChI=1S/C6H12S/c1-5-3-2-4-6(5)7/h5-7H,2-4H2,1H3/t5-,6+/m0/s1. The van der Waals surface area contributed by atoms with Crippen molar-refractivity contribution in [1.29, 1.82) is 0 Å². The first-order valence-electron chi connectivity index (χ1n) is 2.99. The summed E-state index contributed by atoms with van der Waals surface area (Å²) in [4.78, 5) is 0. The highest BCUT2D eigenvalue weighted by Gasteiger charge is 2.18. The van der Waals surface area contributed by atoms with Gasteiger partial charge in [0.25, 0.3) is 0 Å². The summed E-state index contributed by atoms with van der Waals surface area (Å²) in [5, 5.41) is 0.708. The number of thiol groups is 1. The Morgan fingerprint density at radius 2 is 2.14 bits per heavy atom. The Kier molecular flexibility index (Phi) is 1.63. The molecule has 0 heterocycles. The Bertz CT molecular complexity index is 53.2. The summed E-state index contributed by atoms with van der Waals surface area (Å²) in [6, 6.07) is 0. The quantitative estimate of drug-likeness (QED) is 0.460. The first-order valence-corrected chi connectivity index (χ1v) is 3.50.